The van der Waals surface area contributed by atoms with Crippen molar-refractivity contribution in [3.8, 4) is 0 Å². The van der Waals surface area contributed by atoms with Crippen molar-refractivity contribution in [1.82, 2.24) is 14.7 Å². The molecule has 26 heavy (non-hydrogen) atoms. The van der Waals surface area contributed by atoms with Crippen molar-refractivity contribution in [3.63, 3.8) is 0 Å². The monoisotopic (exact) mass is 382 g/mol. The number of amides is 3. The molecule has 0 saturated carbocycles. The second kappa shape index (κ2) is 8.68. The van der Waals surface area contributed by atoms with Crippen LogP contribution in [0, 0.1) is 5.82 Å². The summed E-state index contributed by atoms with van der Waals surface area (Å²) in [6, 6.07) is 3.99. The Bertz CT molecular complexity index is 659. The van der Waals surface area contributed by atoms with Crippen molar-refractivity contribution < 1.29 is 14.0 Å². The molecule has 0 spiro atoms. The van der Waals surface area contributed by atoms with E-state index in [0.29, 0.717) is 31.9 Å². The molecule has 0 aliphatic carbocycles. The van der Waals surface area contributed by atoms with Gasteiger partial charge in [0.1, 0.15) is 5.82 Å². The predicted octanol–water partition coefficient (Wildman–Crippen LogP) is 2.64. The van der Waals surface area contributed by atoms with Crippen LogP contribution in [-0.4, -0.2) is 72.5 Å². The Morgan fingerprint density at radius 2 is 1.65 bits per heavy atom. The zero-order valence-electron chi connectivity index (χ0n) is 14.7. The van der Waals surface area contributed by atoms with Gasteiger partial charge in [0.05, 0.1) is 17.3 Å². The topological polar surface area (TPSA) is 55.9 Å². The van der Waals surface area contributed by atoms with Crippen molar-refractivity contribution in [2.24, 2.45) is 0 Å². The van der Waals surface area contributed by atoms with E-state index >= 15 is 0 Å². The Kier molecular flexibility index (Phi) is 6.32. The van der Waals surface area contributed by atoms with E-state index in [-0.39, 0.29) is 23.5 Å². The van der Waals surface area contributed by atoms with Gasteiger partial charge in [0.15, 0.2) is 0 Å². The number of urea groups is 1. The van der Waals surface area contributed by atoms with E-state index in [4.69, 9.17) is 11.6 Å². The zero-order valence-corrected chi connectivity index (χ0v) is 15.5. The molecule has 0 unspecified atom stereocenters. The molecule has 3 rings (SSSR count). The van der Waals surface area contributed by atoms with Crippen molar-refractivity contribution in [3.05, 3.63) is 29.0 Å². The highest BCUT2D eigenvalue weighted by atomic mass is 35.5. The lowest BCUT2D eigenvalue weighted by Gasteiger charge is -2.38. The fourth-order valence-corrected chi connectivity index (χ4v) is 3.58. The van der Waals surface area contributed by atoms with Crippen molar-refractivity contribution in [2.45, 2.75) is 19.3 Å². The van der Waals surface area contributed by atoms with Crippen molar-refractivity contribution in [2.75, 3.05) is 51.1 Å². The molecule has 0 radical (unpaired) electrons. The van der Waals surface area contributed by atoms with Gasteiger partial charge in [0.25, 0.3) is 0 Å². The fraction of sp³-hybridized carbons (Fsp3) is 0.556. The van der Waals surface area contributed by atoms with E-state index in [1.807, 2.05) is 14.7 Å². The van der Waals surface area contributed by atoms with Crippen LogP contribution in [0.2, 0.25) is 5.02 Å². The highest BCUT2D eigenvalue weighted by Crippen LogP contribution is 2.22. The largest absolute Gasteiger partial charge is 0.325 e. The number of benzene rings is 1. The third kappa shape index (κ3) is 4.86. The van der Waals surface area contributed by atoms with Gasteiger partial charge in [-0.05, 0) is 37.5 Å². The molecule has 2 aliphatic heterocycles. The molecule has 142 valence electrons. The van der Waals surface area contributed by atoms with E-state index in [9.17, 15) is 14.0 Å². The van der Waals surface area contributed by atoms with Crippen LogP contribution in [0.25, 0.3) is 0 Å². The molecule has 1 aromatic carbocycles. The Morgan fingerprint density at radius 1 is 1.00 bits per heavy atom. The molecule has 2 aliphatic rings. The first-order chi connectivity index (χ1) is 12.5. The predicted molar refractivity (Wildman–Crippen MR) is 98.9 cm³/mol. The molecule has 2 saturated heterocycles. The molecule has 0 aromatic heterocycles. The maximum Gasteiger partial charge on any atom is 0.320 e. The number of nitrogens with one attached hydrogen (secondary N) is 1. The average molecular weight is 383 g/mol. The lowest BCUT2D eigenvalue weighted by molar-refractivity contribution is -0.117. The normalized spacial score (nSPS) is 18.7. The van der Waals surface area contributed by atoms with Crippen LogP contribution < -0.4 is 5.32 Å². The van der Waals surface area contributed by atoms with Crippen LogP contribution in [0.3, 0.4) is 0 Å². The molecule has 6 nitrogen and oxygen atoms in total. The van der Waals surface area contributed by atoms with E-state index in [0.717, 1.165) is 25.9 Å². The lowest BCUT2D eigenvalue weighted by Crippen LogP contribution is -2.54. The third-order valence-corrected chi connectivity index (χ3v) is 5.15. The van der Waals surface area contributed by atoms with Gasteiger partial charge in [-0.3, -0.25) is 9.69 Å². The molecule has 2 heterocycles. The number of rotatable bonds is 3. The van der Waals surface area contributed by atoms with Gasteiger partial charge < -0.3 is 15.1 Å². The van der Waals surface area contributed by atoms with Crippen molar-refractivity contribution >= 4 is 29.2 Å². The Balaban J connectivity index is 1.44. The molecular formula is C18H24ClFN4O2. The first kappa shape index (κ1) is 18.9. The van der Waals surface area contributed by atoms with Gasteiger partial charge in [0, 0.05) is 39.3 Å². The van der Waals surface area contributed by atoms with Crippen LogP contribution in [-0.2, 0) is 4.79 Å². The summed E-state index contributed by atoms with van der Waals surface area (Å²) < 4.78 is 13.1. The van der Waals surface area contributed by atoms with Gasteiger partial charge >= 0.3 is 6.03 Å². The Labute approximate surface area is 157 Å². The lowest BCUT2D eigenvalue weighted by atomic mass is 10.1. The number of piperidine rings is 1. The number of nitrogens with zero attached hydrogens (tertiary/aromatic N) is 3. The number of carbonyl (C=O) groups excluding carboxylic acids is 2. The minimum absolute atomic E-state index is 0.117. The first-order valence-corrected chi connectivity index (χ1v) is 9.42. The smallest absolute Gasteiger partial charge is 0.320 e. The minimum Gasteiger partial charge on any atom is -0.325 e. The highest BCUT2D eigenvalue weighted by Gasteiger charge is 2.26. The summed E-state index contributed by atoms with van der Waals surface area (Å²) in [6.45, 7) is 4.48. The van der Waals surface area contributed by atoms with Gasteiger partial charge in [0.2, 0.25) is 5.91 Å². The third-order valence-electron chi connectivity index (χ3n) is 4.84. The van der Waals surface area contributed by atoms with Gasteiger partial charge in [-0.2, -0.15) is 0 Å². The van der Waals surface area contributed by atoms with Crippen LogP contribution in [0.1, 0.15) is 19.3 Å². The van der Waals surface area contributed by atoms with Crippen LogP contribution in [0.4, 0.5) is 14.9 Å². The van der Waals surface area contributed by atoms with E-state index < -0.39 is 5.82 Å². The molecule has 3 amide bonds. The van der Waals surface area contributed by atoms with Gasteiger partial charge in [-0.25, -0.2) is 9.18 Å². The maximum atomic E-state index is 13.1. The molecule has 0 bridgehead atoms. The quantitative estimate of drug-likeness (QED) is 0.874. The molecular weight excluding hydrogens is 359 g/mol. The summed E-state index contributed by atoms with van der Waals surface area (Å²) in [6.07, 6.45) is 3.36. The summed E-state index contributed by atoms with van der Waals surface area (Å²) in [5.41, 5.74) is 0.400. The number of likely N-dealkylation sites (tertiary alicyclic amines) is 1. The highest BCUT2D eigenvalue weighted by molar-refractivity contribution is 6.33. The number of halogens is 2. The number of hydrogen-bond acceptors (Lipinski definition) is 3. The Hall–Kier alpha value is -1.86. The van der Waals surface area contributed by atoms with Crippen LogP contribution in [0.5, 0.6) is 0 Å². The van der Waals surface area contributed by atoms with Crippen LogP contribution >= 0.6 is 11.6 Å². The second-order valence-electron chi connectivity index (χ2n) is 6.77. The second-order valence-corrected chi connectivity index (χ2v) is 7.17. The SMILES string of the molecule is O=C(CN1CCN(C(=O)N2CCCCC2)CC1)Nc1ccc(F)cc1Cl. The summed E-state index contributed by atoms with van der Waals surface area (Å²) in [7, 11) is 0. The zero-order chi connectivity index (χ0) is 18.5. The summed E-state index contributed by atoms with van der Waals surface area (Å²) in [4.78, 5) is 30.5. The first-order valence-electron chi connectivity index (χ1n) is 9.04. The van der Waals surface area contributed by atoms with Crippen molar-refractivity contribution in [1.29, 1.82) is 0 Å². The molecule has 0 atom stereocenters. The molecule has 8 heteroatoms. The van der Waals surface area contributed by atoms with Gasteiger partial charge in [-0.1, -0.05) is 11.6 Å². The van der Waals surface area contributed by atoms with E-state index in [1.54, 1.807) is 0 Å². The minimum atomic E-state index is -0.442. The number of anilines is 1. The maximum absolute atomic E-state index is 13.1. The van der Waals surface area contributed by atoms with Gasteiger partial charge in [-0.15, -0.1) is 0 Å². The average Bonchev–Trinajstić information content (AvgIpc) is 2.65. The Morgan fingerprint density at radius 3 is 2.31 bits per heavy atom. The van der Waals surface area contributed by atoms with E-state index in [1.165, 1.54) is 24.6 Å². The molecule has 2 fully saturated rings. The summed E-state index contributed by atoms with van der Waals surface area (Å²) in [5, 5.41) is 2.88. The standard InChI is InChI=1S/C18H24ClFN4O2/c19-15-12-14(20)4-5-16(15)21-17(25)13-22-8-10-24(11-9-22)18(26)23-6-2-1-3-7-23/h4-5,12H,1-3,6-11,13H2,(H,21,25). The number of piperazine rings is 1. The molecule has 1 aromatic rings. The molecule has 1 N–H and O–H groups in total. The summed E-state index contributed by atoms with van der Waals surface area (Å²) in [5.74, 6) is -0.642. The summed E-state index contributed by atoms with van der Waals surface area (Å²) >= 11 is 5.93. The van der Waals surface area contributed by atoms with Crippen LogP contribution in [0.15, 0.2) is 18.2 Å². The number of hydrogen-bond donors (Lipinski definition) is 1. The van der Waals surface area contributed by atoms with E-state index in [2.05, 4.69) is 5.32 Å². The fourth-order valence-electron chi connectivity index (χ4n) is 3.37. The number of carbonyl (C=O) groups is 2.